The van der Waals surface area contributed by atoms with E-state index in [-0.39, 0.29) is 17.6 Å². The van der Waals surface area contributed by atoms with Gasteiger partial charge in [-0.15, -0.1) is 22.9 Å². The Kier molecular flexibility index (Phi) is 10.5. The molecule has 38 heavy (non-hydrogen) atoms. The maximum Gasteiger partial charge on any atom is 0.270 e. The number of amides is 1. The van der Waals surface area contributed by atoms with Crippen molar-refractivity contribution in [1.29, 1.82) is 0 Å². The second kappa shape index (κ2) is 13.5. The molecule has 1 aromatic carbocycles. The molecule has 204 valence electrons. The van der Waals surface area contributed by atoms with E-state index in [1.807, 2.05) is 37.6 Å². The third-order valence-electron chi connectivity index (χ3n) is 6.46. The Morgan fingerprint density at radius 1 is 1.21 bits per heavy atom. The number of piperidine rings is 1. The molecular formula is C27H34ClN5O4S. The van der Waals surface area contributed by atoms with E-state index >= 15 is 0 Å². The molecule has 1 fully saturated rings. The summed E-state index contributed by atoms with van der Waals surface area (Å²) in [6.45, 7) is 8.27. The highest BCUT2D eigenvalue weighted by Crippen LogP contribution is 2.25. The predicted octanol–water partition coefficient (Wildman–Crippen LogP) is 6.26. The molecule has 1 aliphatic heterocycles. The molecule has 1 N–H and O–H groups in total. The number of non-ortho nitro benzene ring substituents is 1. The van der Waals surface area contributed by atoms with Gasteiger partial charge in [0, 0.05) is 67.7 Å². The number of thiophene rings is 1. The minimum Gasteiger partial charge on any atom is -0.355 e. The molecule has 11 heteroatoms. The van der Waals surface area contributed by atoms with Crippen molar-refractivity contribution in [3.05, 3.63) is 69.3 Å². The number of hydrogen-bond acceptors (Lipinski definition) is 7. The third-order valence-corrected chi connectivity index (χ3v) is 7.34. The molecule has 4 heterocycles. The van der Waals surface area contributed by atoms with Crippen molar-refractivity contribution in [3.63, 3.8) is 0 Å². The van der Waals surface area contributed by atoms with Gasteiger partial charge in [-0.1, -0.05) is 11.2 Å². The van der Waals surface area contributed by atoms with E-state index in [1.54, 1.807) is 28.0 Å². The van der Waals surface area contributed by atoms with Crippen molar-refractivity contribution < 1.29 is 14.2 Å². The molecule has 0 spiro atoms. The largest absolute Gasteiger partial charge is 0.355 e. The standard InChI is InChI=1S/C18H24N4O3.C8H7NOS.CH3Cl/c1-12(2)21-8-6-14(7-9-21)19-18(23)17-11-13-10-15(22(24)25)4-5-16(13)20(17)3;1-6-5-7(10-9-6)8-3-2-4-11-8;1-2/h4-5,10-12,14H,6-9H2,1-3H3,(H,19,23);2-5H,1H3;1H3. The van der Waals surface area contributed by atoms with Crippen LogP contribution in [0.4, 0.5) is 5.69 Å². The van der Waals surface area contributed by atoms with Crippen LogP contribution in [0, 0.1) is 17.0 Å². The molecule has 0 saturated carbocycles. The van der Waals surface area contributed by atoms with Gasteiger partial charge < -0.3 is 19.3 Å². The molecule has 4 aromatic rings. The topological polar surface area (TPSA) is 106 Å². The first-order chi connectivity index (χ1) is 18.2. The van der Waals surface area contributed by atoms with Crippen LogP contribution >= 0.6 is 22.9 Å². The quantitative estimate of drug-likeness (QED) is 0.176. The number of alkyl halides is 1. The lowest BCUT2D eigenvalue weighted by atomic mass is 10.0. The Labute approximate surface area is 231 Å². The molecule has 1 saturated heterocycles. The highest BCUT2D eigenvalue weighted by molar-refractivity contribution is 7.13. The summed E-state index contributed by atoms with van der Waals surface area (Å²) in [5.41, 5.74) is 2.30. The molecule has 1 aliphatic rings. The molecule has 1 amide bonds. The molecule has 9 nitrogen and oxygen atoms in total. The second-order valence-electron chi connectivity index (χ2n) is 9.28. The Morgan fingerprint density at radius 2 is 1.92 bits per heavy atom. The lowest BCUT2D eigenvalue weighted by molar-refractivity contribution is -0.384. The summed E-state index contributed by atoms with van der Waals surface area (Å²) in [6, 6.07) is 13.0. The number of rotatable bonds is 5. The van der Waals surface area contributed by atoms with Gasteiger partial charge in [-0.05, 0) is 57.2 Å². The van der Waals surface area contributed by atoms with Crippen LogP contribution in [0.5, 0.6) is 0 Å². The van der Waals surface area contributed by atoms with Gasteiger partial charge in [0.2, 0.25) is 0 Å². The van der Waals surface area contributed by atoms with Gasteiger partial charge >= 0.3 is 0 Å². The number of aryl methyl sites for hydroxylation is 2. The third kappa shape index (κ3) is 7.21. The lowest BCUT2D eigenvalue weighted by Gasteiger charge is -2.34. The van der Waals surface area contributed by atoms with Crippen molar-refractivity contribution in [2.75, 3.05) is 19.5 Å². The Hall–Kier alpha value is -3.21. The number of carbonyl (C=O) groups excluding carboxylic acids is 1. The van der Waals surface area contributed by atoms with Gasteiger partial charge in [-0.3, -0.25) is 14.9 Å². The summed E-state index contributed by atoms with van der Waals surface area (Å²) in [7, 11) is 1.81. The van der Waals surface area contributed by atoms with Crippen LogP contribution in [0.3, 0.4) is 0 Å². The number of hydrogen-bond donors (Lipinski definition) is 1. The van der Waals surface area contributed by atoms with Crippen LogP contribution in [0.2, 0.25) is 0 Å². The lowest BCUT2D eigenvalue weighted by Crippen LogP contribution is -2.46. The van der Waals surface area contributed by atoms with Gasteiger partial charge in [0.15, 0.2) is 5.76 Å². The average Bonchev–Trinajstić information content (AvgIpc) is 3.66. The fraction of sp³-hybridized carbons (Fsp3) is 0.407. The zero-order valence-corrected chi connectivity index (χ0v) is 23.9. The minimum atomic E-state index is -0.422. The first-order valence-corrected chi connectivity index (χ1v) is 14.0. The highest BCUT2D eigenvalue weighted by Gasteiger charge is 2.24. The van der Waals surface area contributed by atoms with Crippen LogP contribution in [0.15, 0.2) is 52.4 Å². The van der Waals surface area contributed by atoms with E-state index in [9.17, 15) is 14.9 Å². The van der Waals surface area contributed by atoms with Gasteiger partial charge in [0.25, 0.3) is 11.6 Å². The van der Waals surface area contributed by atoms with Crippen molar-refractivity contribution >= 4 is 45.4 Å². The number of benzene rings is 1. The average molecular weight is 560 g/mol. The van der Waals surface area contributed by atoms with Crippen molar-refractivity contribution in [2.24, 2.45) is 7.05 Å². The van der Waals surface area contributed by atoms with Gasteiger partial charge in [0.05, 0.1) is 15.5 Å². The van der Waals surface area contributed by atoms with Crippen LogP contribution in [0.1, 0.15) is 42.9 Å². The summed E-state index contributed by atoms with van der Waals surface area (Å²) >= 11 is 6.29. The smallest absolute Gasteiger partial charge is 0.270 e. The summed E-state index contributed by atoms with van der Waals surface area (Å²) in [5, 5.41) is 20.6. The minimum absolute atomic E-state index is 0.0334. The van der Waals surface area contributed by atoms with E-state index < -0.39 is 4.92 Å². The molecular weight excluding hydrogens is 526 g/mol. The maximum absolute atomic E-state index is 12.7. The zero-order valence-electron chi connectivity index (χ0n) is 22.3. The molecule has 3 aromatic heterocycles. The van der Waals surface area contributed by atoms with Crippen molar-refractivity contribution in [2.45, 2.75) is 45.7 Å². The maximum atomic E-state index is 12.7. The van der Waals surface area contributed by atoms with Crippen LogP contribution < -0.4 is 5.32 Å². The summed E-state index contributed by atoms with van der Waals surface area (Å²) in [6.07, 6.45) is 3.36. The molecule has 0 unspecified atom stereocenters. The number of carbonyl (C=O) groups is 1. The summed E-state index contributed by atoms with van der Waals surface area (Å²) < 4.78 is 6.86. The van der Waals surface area contributed by atoms with E-state index in [0.717, 1.165) is 47.8 Å². The Morgan fingerprint density at radius 3 is 2.47 bits per heavy atom. The van der Waals surface area contributed by atoms with E-state index in [1.165, 1.54) is 18.5 Å². The molecule has 0 atom stereocenters. The summed E-state index contributed by atoms with van der Waals surface area (Å²) in [5.74, 6) is 0.738. The predicted molar refractivity (Wildman–Crippen MR) is 153 cm³/mol. The van der Waals surface area contributed by atoms with Gasteiger partial charge in [-0.2, -0.15) is 0 Å². The Balaban J connectivity index is 0.000000255. The number of nitrogens with one attached hydrogen (secondary N) is 1. The van der Waals surface area contributed by atoms with E-state index in [4.69, 9.17) is 4.52 Å². The van der Waals surface area contributed by atoms with Gasteiger partial charge in [-0.25, -0.2) is 0 Å². The summed E-state index contributed by atoms with van der Waals surface area (Å²) in [4.78, 5) is 26.7. The molecule has 0 radical (unpaired) electrons. The number of halogens is 1. The fourth-order valence-corrected chi connectivity index (χ4v) is 5.06. The molecule has 0 aliphatic carbocycles. The zero-order chi connectivity index (χ0) is 27.8. The first kappa shape index (κ1) is 29.3. The van der Waals surface area contributed by atoms with Crippen LogP contribution in [-0.2, 0) is 7.05 Å². The monoisotopic (exact) mass is 559 g/mol. The number of nitro groups is 1. The number of likely N-dealkylation sites (tertiary alicyclic amines) is 1. The normalized spacial score (nSPS) is 14.0. The van der Waals surface area contributed by atoms with Crippen molar-refractivity contribution in [1.82, 2.24) is 19.9 Å². The van der Waals surface area contributed by atoms with E-state index in [2.05, 4.69) is 40.8 Å². The van der Waals surface area contributed by atoms with Crippen molar-refractivity contribution in [3.8, 4) is 10.6 Å². The number of aromatic nitrogens is 2. The van der Waals surface area contributed by atoms with Crippen LogP contribution in [-0.4, -0.2) is 57.0 Å². The second-order valence-corrected chi connectivity index (χ2v) is 10.2. The van der Waals surface area contributed by atoms with Crippen LogP contribution in [0.25, 0.3) is 21.5 Å². The highest BCUT2D eigenvalue weighted by atomic mass is 35.5. The first-order valence-electron chi connectivity index (χ1n) is 12.4. The van der Waals surface area contributed by atoms with Gasteiger partial charge in [0.1, 0.15) is 5.69 Å². The SMILES string of the molecule is CC(C)N1CCC(NC(=O)c2cc3cc([N+](=O)[O-])ccc3n2C)CC1.CCl.Cc1cc(-c2cccs2)on1. The molecule has 0 bridgehead atoms. The fourth-order valence-electron chi connectivity index (χ4n) is 4.39. The molecule has 5 rings (SSSR count). The Bertz CT molecular complexity index is 1340. The number of nitrogens with zero attached hydrogens (tertiary/aromatic N) is 4. The number of fused-ring (bicyclic) bond motifs is 1. The van der Waals surface area contributed by atoms with E-state index in [0.29, 0.717) is 17.1 Å². The number of nitro benzene ring substituents is 1.